The number of methoxy groups -OCH3 is 3. The molecule has 0 radical (unpaired) electrons. The highest BCUT2D eigenvalue weighted by atomic mass is 16.7. The topological polar surface area (TPSA) is 110 Å². The van der Waals surface area contributed by atoms with E-state index in [9.17, 15) is 14.7 Å². The van der Waals surface area contributed by atoms with Crippen LogP contribution in [-0.2, 0) is 28.4 Å². The fourth-order valence-electron chi connectivity index (χ4n) is 9.07. The largest absolute Gasteiger partial charge is 0.508 e. The molecule has 4 aliphatic rings. The second kappa shape index (κ2) is 13.1. The molecule has 0 heterocycles. The van der Waals surface area contributed by atoms with Crippen LogP contribution in [0, 0.1) is 40.4 Å². The third kappa shape index (κ3) is 6.36. The summed E-state index contributed by atoms with van der Waals surface area (Å²) >= 11 is 0. The van der Waals surface area contributed by atoms with Gasteiger partial charge in [-0.1, -0.05) is 51.0 Å². The molecule has 9 nitrogen and oxygen atoms in total. The molecule has 0 amide bonds. The number of rotatable bonds is 10. The molecule has 2 unspecified atom stereocenters. The summed E-state index contributed by atoms with van der Waals surface area (Å²) in [6.45, 7) is 13.3. The summed E-state index contributed by atoms with van der Waals surface area (Å²) in [7, 11) is 4.20. The van der Waals surface area contributed by atoms with Crippen molar-refractivity contribution in [3.63, 3.8) is 0 Å². The zero-order valence-electron chi connectivity index (χ0n) is 27.6. The van der Waals surface area contributed by atoms with Crippen molar-refractivity contribution < 1.29 is 43.1 Å². The van der Waals surface area contributed by atoms with Crippen molar-refractivity contribution >= 4 is 12.3 Å². The van der Waals surface area contributed by atoms with Crippen LogP contribution in [0.2, 0.25) is 0 Å². The summed E-state index contributed by atoms with van der Waals surface area (Å²) < 4.78 is 32.0. The van der Waals surface area contributed by atoms with Crippen molar-refractivity contribution in [3.05, 3.63) is 23.3 Å². The second-order valence-corrected chi connectivity index (χ2v) is 14.4. The Kier molecular flexibility index (Phi) is 10.3. The minimum atomic E-state index is -0.731. The number of carbonyl (C=O) groups excluding carboxylic acids is 2. The van der Waals surface area contributed by atoms with Gasteiger partial charge in [-0.15, -0.1) is 0 Å². The van der Waals surface area contributed by atoms with Crippen molar-refractivity contribution in [3.8, 4) is 0 Å². The van der Waals surface area contributed by atoms with Crippen LogP contribution in [0.4, 0.5) is 9.59 Å². The first kappa shape index (κ1) is 33.8. The van der Waals surface area contributed by atoms with Gasteiger partial charge in [-0.05, 0) is 81.0 Å². The van der Waals surface area contributed by atoms with E-state index in [0.29, 0.717) is 42.9 Å². The van der Waals surface area contributed by atoms with E-state index in [-0.39, 0.29) is 18.1 Å². The molecule has 0 aliphatic heterocycles. The van der Waals surface area contributed by atoms with Gasteiger partial charge in [-0.25, -0.2) is 9.59 Å². The molecular weight excluding hydrogens is 552 g/mol. The van der Waals surface area contributed by atoms with E-state index >= 15 is 0 Å². The van der Waals surface area contributed by atoms with Crippen LogP contribution < -0.4 is 0 Å². The van der Waals surface area contributed by atoms with E-state index in [2.05, 4.69) is 39.8 Å². The molecule has 1 N–H and O–H groups in total. The van der Waals surface area contributed by atoms with Crippen molar-refractivity contribution in [2.24, 2.45) is 40.4 Å². The first-order valence-corrected chi connectivity index (χ1v) is 15.9. The van der Waals surface area contributed by atoms with E-state index in [1.54, 1.807) is 7.11 Å². The zero-order chi connectivity index (χ0) is 31.7. The van der Waals surface area contributed by atoms with E-state index < -0.39 is 41.6 Å². The lowest BCUT2D eigenvalue weighted by Crippen LogP contribution is -2.54. The van der Waals surface area contributed by atoms with Gasteiger partial charge in [-0.2, -0.15) is 0 Å². The van der Waals surface area contributed by atoms with Gasteiger partial charge in [0.15, 0.2) is 0 Å². The van der Waals surface area contributed by atoms with Crippen LogP contribution in [0.1, 0.15) is 86.5 Å². The maximum Gasteiger partial charge on any atom is 0.508 e. The van der Waals surface area contributed by atoms with Crippen molar-refractivity contribution in [2.75, 3.05) is 28.1 Å². The first-order valence-electron chi connectivity index (χ1n) is 15.9. The van der Waals surface area contributed by atoms with E-state index in [0.717, 1.165) is 31.3 Å². The summed E-state index contributed by atoms with van der Waals surface area (Å²) in [6, 6.07) is 0. The van der Waals surface area contributed by atoms with Crippen molar-refractivity contribution in [1.82, 2.24) is 0 Å². The minimum absolute atomic E-state index is 0.147. The molecule has 9 heteroatoms. The molecule has 0 aromatic carbocycles. The van der Waals surface area contributed by atoms with Crippen LogP contribution in [-0.4, -0.2) is 69.5 Å². The highest BCUT2D eigenvalue weighted by Gasteiger charge is 2.60. The van der Waals surface area contributed by atoms with Crippen molar-refractivity contribution in [2.45, 2.75) is 110 Å². The van der Waals surface area contributed by atoms with E-state index in [1.807, 2.05) is 13.8 Å². The summed E-state index contributed by atoms with van der Waals surface area (Å²) in [5.41, 5.74) is 1.66. The Hall–Kier alpha value is -2.10. The lowest BCUT2D eigenvalue weighted by atomic mass is 9.49. The third-order valence-electron chi connectivity index (χ3n) is 12.0. The number of fused-ring (bicyclic) bond motifs is 5. The van der Waals surface area contributed by atoms with Gasteiger partial charge in [0.2, 0.25) is 0 Å². The number of hydrogen-bond donors (Lipinski definition) is 1. The Balaban J connectivity index is 1.56. The molecule has 4 aliphatic carbocycles. The summed E-state index contributed by atoms with van der Waals surface area (Å²) in [5, 5.41) is 11.1. The molecule has 3 fully saturated rings. The maximum absolute atomic E-state index is 12.4. The van der Waals surface area contributed by atoms with Crippen LogP contribution in [0.25, 0.3) is 0 Å². The van der Waals surface area contributed by atoms with Crippen molar-refractivity contribution in [1.29, 1.82) is 0 Å². The Morgan fingerprint density at radius 2 is 1.67 bits per heavy atom. The van der Waals surface area contributed by atoms with Gasteiger partial charge >= 0.3 is 12.3 Å². The van der Waals surface area contributed by atoms with Gasteiger partial charge in [-0.3, -0.25) is 0 Å². The van der Waals surface area contributed by atoms with Gasteiger partial charge in [0.1, 0.15) is 19.0 Å². The molecule has 0 aromatic heterocycles. The molecule has 3 saturated carbocycles. The fourth-order valence-corrected chi connectivity index (χ4v) is 9.07. The molecular formula is C34H54O9. The van der Waals surface area contributed by atoms with Gasteiger partial charge < -0.3 is 33.5 Å². The van der Waals surface area contributed by atoms with Crippen LogP contribution in [0.5, 0.6) is 0 Å². The van der Waals surface area contributed by atoms with Gasteiger partial charge in [0, 0.05) is 25.4 Å². The Labute approximate surface area is 257 Å². The molecule has 4 rings (SSSR count). The molecule has 10 atom stereocenters. The number of hydrogen-bond acceptors (Lipinski definition) is 9. The van der Waals surface area contributed by atoms with Gasteiger partial charge in [0.05, 0.1) is 25.9 Å². The Morgan fingerprint density at radius 3 is 2.33 bits per heavy atom. The van der Waals surface area contributed by atoms with Gasteiger partial charge in [0.25, 0.3) is 0 Å². The lowest BCUT2D eigenvalue weighted by molar-refractivity contribution is -0.164. The second-order valence-electron chi connectivity index (χ2n) is 14.4. The number of allylic oxidation sites excluding steroid dienone is 3. The monoisotopic (exact) mass is 606 g/mol. The fraction of sp³-hybridized carbons (Fsp3) is 0.824. The average molecular weight is 607 g/mol. The Bertz CT molecular complexity index is 1080. The smallest absolute Gasteiger partial charge is 0.438 e. The third-order valence-corrected chi connectivity index (χ3v) is 12.0. The van der Waals surface area contributed by atoms with E-state index in [4.69, 9.17) is 28.4 Å². The van der Waals surface area contributed by atoms with Crippen LogP contribution >= 0.6 is 0 Å². The number of aliphatic hydroxyl groups is 1. The average Bonchev–Trinajstić information content (AvgIpc) is 3.33. The lowest BCUT2D eigenvalue weighted by Gasteiger charge is -2.57. The predicted molar refractivity (Wildman–Crippen MR) is 161 cm³/mol. The quantitative estimate of drug-likeness (QED) is 0.212. The number of aliphatic hydroxyl groups excluding tert-OH is 1. The Morgan fingerprint density at radius 1 is 1.00 bits per heavy atom. The summed E-state index contributed by atoms with van der Waals surface area (Å²) in [5.74, 6) is 1.97. The number of ether oxygens (including phenoxy) is 6. The molecule has 0 spiro atoms. The van der Waals surface area contributed by atoms with Crippen LogP contribution in [0.3, 0.4) is 0 Å². The standard InChI is InChI=1S/C34H54O9/c1-20(16-28(35)32(3,4)41-19-38-7)21(2)25-12-13-26-24-11-10-22-17-23(42-30(36)39-8)18-29(43-31(37)40-9)34(22,6)27(24)14-15-33(25,26)5/h10-11,20-21,23,25-29,35H,12-19H2,1-9H3/t20?,21-,23+,25+,26-,27-,28?,29-,33+,34-/m0/s1. The molecule has 0 saturated heterocycles. The zero-order valence-corrected chi connectivity index (χ0v) is 27.6. The molecule has 0 bridgehead atoms. The summed E-state index contributed by atoms with van der Waals surface area (Å²) in [6.07, 6.45) is 7.55. The summed E-state index contributed by atoms with van der Waals surface area (Å²) in [4.78, 5) is 24.3. The highest BCUT2D eigenvalue weighted by Crippen LogP contribution is 2.66. The minimum Gasteiger partial charge on any atom is -0.438 e. The number of carbonyl (C=O) groups is 2. The predicted octanol–water partition coefficient (Wildman–Crippen LogP) is 6.82. The molecule has 0 aromatic rings. The van der Waals surface area contributed by atoms with Crippen LogP contribution in [0.15, 0.2) is 23.3 Å². The first-order chi connectivity index (χ1) is 20.2. The molecule has 244 valence electrons. The van der Waals surface area contributed by atoms with E-state index in [1.165, 1.54) is 19.8 Å². The molecule has 43 heavy (non-hydrogen) atoms. The normalized spacial score (nSPS) is 35.6. The SMILES string of the molecule is COCOC(C)(C)C(O)CC(C)[C@H](C)[C@H]1CC[C@H]2C3=CC=C4C[C@@H](OC(=O)OC)C[C@H](OC(=O)OC)[C@]4(C)[C@H]3CC[C@]12C. The maximum atomic E-state index is 12.4. The highest BCUT2D eigenvalue weighted by molar-refractivity contribution is 5.61.